The van der Waals surface area contributed by atoms with Gasteiger partial charge in [-0.05, 0) is 20.2 Å². The standard InChI is InChI=1S/C17H22N4O2/c1-20(2)11-14-12-23-9-8-21(14)17(22)16-10-15(18-19-16)13-6-4-3-5-7-13/h3-7,10,14H,8-9,11-12H2,1-2H3,(H,18,19). The third kappa shape index (κ3) is 3.60. The van der Waals surface area contributed by atoms with Gasteiger partial charge in [0.05, 0.1) is 24.9 Å². The van der Waals surface area contributed by atoms with Gasteiger partial charge in [0.2, 0.25) is 0 Å². The van der Waals surface area contributed by atoms with Crippen LogP contribution in [0.15, 0.2) is 36.4 Å². The van der Waals surface area contributed by atoms with Crippen LogP contribution in [0.1, 0.15) is 10.5 Å². The quantitative estimate of drug-likeness (QED) is 0.928. The lowest BCUT2D eigenvalue weighted by atomic mass is 10.1. The molecular weight excluding hydrogens is 292 g/mol. The highest BCUT2D eigenvalue weighted by atomic mass is 16.5. The molecule has 1 unspecified atom stereocenters. The van der Waals surface area contributed by atoms with Crippen LogP contribution in [0, 0.1) is 0 Å². The first-order valence-corrected chi connectivity index (χ1v) is 7.79. The molecule has 1 N–H and O–H groups in total. The lowest BCUT2D eigenvalue weighted by Crippen LogP contribution is -2.52. The minimum atomic E-state index is -0.0187. The number of nitrogens with zero attached hydrogens (tertiary/aromatic N) is 3. The number of aromatic amines is 1. The van der Waals surface area contributed by atoms with Gasteiger partial charge in [-0.25, -0.2) is 0 Å². The summed E-state index contributed by atoms with van der Waals surface area (Å²) in [5, 5.41) is 7.15. The van der Waals surface area contributed by atoms with Crippen LogP contribution in [0.3, 0.4) is 0 Å². The fourth-order valence-electron chi connectivity index (χ4n) is 2.84. The van der Waals surface area contributed by atoms with Gasteiger partial charge < -0.3 is 14.5 Å². The van der Waals surface area contributed by atoms with Gasteiger partial charge in [0, 0.05) is 18.7 Å². The Labute approximate surface area is 136 Å². The first-order chi connectivity index (χ1) is 11.1. The van der Waals surface area contributed by atoms with Crippen molar-refractivity contribution in [3.8, 4) is 11.3 Å². The van der Waals surface area contributed by atoms with Crippen molar-refractivity contribution in [1.82, 2.24) is 20.0 Å². The molecule has 122 valence electrons. The molecule has 1 aliphatic rings. The molecule has 0 spiro atoms. The van der Waals surface area contributed by atoms with Crippen molar-refractivity contribution in [1.29, 1.82) is 0 Å². The zero-order chi connectivity index (χ0) is 16.2. The van der Waals surface area contributed by atoms with Crippen molar-refractivity contribution >= 4 is 5.91 Å². The minimum absolute atomic E-state index is 0.0187. The molecule has 23 heavy (non-hydrogen) atoms. The van der Waals surface area contributed by atoms with Crippen LogP contribution >= 0.6 is 0 Å². The fourth-order valence-corrected chi connectivity index (χ4v) is 2.84. The second-order valence-corrected chi connectivity index (χ2v) is 6.02. The van der Waals surface area contributed by atoms with Crippen molar-refractivity contribution in [3.05, 3.63) is 42.1 Å². The molecule has 2 heterocycles. The predicted octanol–water partition coefficient (Wildman–Crippen LogP) is 1.48. The zero-order valence-electron chi connectivity index (χ0n) is 13.5. The molecule has 0 aliphatic carbocycles. The van der Waals surface area contributed by atoms with E-state index in [4.69, 9.17) is 4.74 Å². The maximum Gasteiger partial charge on any atom is 0.272 e. The molecule has 1 fully saturated rings. The molecule has 0 saturated carbocycles. The third-order valence-corrected chi connectivity index (χ3v) is 3.94. The number of aromatic nitrogens is 2. The van der Waals surface area contributed by atoms with Crippen molar-refractivity contribution in [2.45, 2.75) is 6.04 Å². The number of rotatable bonds is 4. The van der Waals surface area contributed by atoms with E-state index in [1.165, 1.54) is 0 Å². The van der Waals surface area contributed by atoms with Crippen LogP contribution in [-0.2, 0) is 4.74 Å². The van der Waals surface area contributed by atoms with Crippen LogP contribution < -0.4 is 0 Å². The molecule has 1 atom stereocenters. The predicted molar refractivity (Wildman–Crippen MR) is 88.2 cm³/mol. The first-order valence-electron chi connectivity index (χ1n) is 7.79. The largest absolute Gasteiger partial charge is 0.377 e. The van der Waals surface area contributed by atoms with Crippen molar-refractivity contribution in [2.24, 2.45) is 0 Å². The number of nitrogens with one attached hydrogen (secondary N) is 1. The number of H-pyrrole nitrogens is 1. The molecule has 0 bridgehead atoms. The molecule has 1 amide bonds. The van der Waals surface area contributed by atoms with Gasteiger partial charge in [0.1, 0.15) is 5.69 Å². The van der Waals surface area contributed by atoms with Gasteiger partial charge in [0.25, 0.3) is 5.91 Å². The molecule has 1 saturated heterocycles. The Morgan fingerprint density at radius 2 is 2.17 bits per heavy atom. The van der Waals surface area contributed by atoms with Gasteiger partial charge in [0.15, 0.2) is 0 Å². The molecule has 1 aromatic heterocycles. The monoisotopic (exact) mass is 314 g/mol. The van der Waals surface area contributed by atoms with Crippen molar-refractivity contribution in [2.75, 3.05) is 40.4 Å². The number of ether oxygens (including phenoxy) is 1. The second kappa shape index (κ2) is 6.93. The second-order valence-electron chi connectivity index (χ2n) is 6.02. The number of carbonyl (C=O) groups is 1. The highest BCUT2D eigenvalue weighted by molar-refractivity contribution is 5.93. The summed E-state index contributed by atoms with van der Waals surface area (Å²) >= 11 is 0. The Balaban J connectivity index is 1.78. The lowest BCUT2D eigenvalue weighted by molar-refractivity contribution is -0.00859. The SMILES string of the molecule is CN(C)CC1COCCN1C(=O)c1cc(-c2ccccc2)n[nH]1. The third-order valence-electron chi connectivity index (χ3n) is 3.94. The number of hydrogen-bond acceptors (Lipinski definition) is 4. The highest BCUT2D eigenvalue weighted by Gasteiger charge is 2.29. The van der Waals surface area contributed by atoms with Crippen LogP contribution in [0.5, 0.6) is 0 Å². The number of benzene rings is 1. The van der Waals surface area contributed by atoms with Gasteiger partial charge in [-0.1, -0.05) is 30.3 Å². The summed E-state index contributed by atoms with van der Waals surface area (Å²) in [6.45, 7) is 2.54. The van der Waals surface area contributed by atoms with Gasteiger partial charge in [-0.3, -0.25) is 9.89 Å². The first kappa shape index (κ1) is 15.7. The molecule has 0 radical (unpaired) electrons. The highest BCUT2D eigenvalue weighted by Crippen LogP contribution is 2.19. The van der Waals surface area contributed by atoms with E-state index in [1.54, 1.807) is 0 Å². The Morgan fingerprint density at radius 3 is 2.91 bits per heavy atom. The average Bonchev–Trinajstić information content (AvgIpc) is 3.05. The number of carbonyl (C=O) groups excluding carboxylic acids is 1. The number of hydrogen-bond donors (Lipinski definition) is 1. The van der Waals surface area contributed by atoms with Gasteiger partial charge >= 0.3 is 0 Å². The lowest BCUT2D eigenvalue weighted by Gasteiger charge is -2.36. The smallest absolute Gasteiger partial charge is 0.272 e. The van der Waals surface area contributed by atoms with Crippen LogP contribution in [0.25, 0.3) is 11.3 Å². The molecule has 6 nitrogen and oxygen atoms in total. The summed E-state index contributed by atoms with van der Waals surface area (Å²) in [4.78, 5) is 16.8. The number of morpholine rings is 1. The Bertz CT molecular complexity index is 654. The topological polar surface area (TPSA) is 61.5 Å². The molecule has 6 heteroatoms. The summed E-state index contributed by atoms with van der Waals surface area (Å²) in [5.74, 6) is -0.0187. The number of likely N-dealkylation sites (N-methyl/N-ethyl adjacent to an activating group) is 1. The van der Waals surface area contributed by atoms with E-state index >= 15 is 0 Å². The molecule has 1 aliphatic heterocycles. The Hall–Kier alpha value is -2.18. The summed E-state index contributed by atoms with van der Waals surface area (Å²) < 4.78 is 5.53. The summed E-state index contributed by atoms with van der Waals surface area (Å²) in [6.07, 6.45) is 0. The molecule has 2 aromatic rings. The molecular formula is C17H22N4O2. The van der Waals surface area contributed by atoms with E-state index in [9.17, 15) is 4.79 Å². The van der Waals surface area contributed by atoms with E-state index in [-0.39, 0.29) is 11.9 Å². The van der Waals surface area contributed by atoms with Crippen LogP contribution in [0.4, 0.5) is 0 Å². The Morgan fingerprint density at radius 1 is 1.39 bits per heavy atom. The number of amides is 1. The van der Waals surface area contributed by atoms with Gasteiger partial charge in [-0.15, -0.1) is 0 Å². The molecule has 3 rings (SSSR count). The van der Waals surface area contributed by atoms with E-state index in [0.29, 0.717) is 25.5 Å². The zero-order valence-corrected chi connectivity index (χ0v) is 13.5. The normalized spacial score (nSPS) is 18.4. The summed E-state index contributed by atoms with van der Waals surface area (Å²) in [5.41, 5.74) is 2.30. The Kier molecular flexibility index (Phi) is 4.73. The van der Waals surface area contributed by atoms with Crippen molar-refractivity contribution in [3.63, 3.8) is 0 Å². The van der Waals surface area contributed by atoms with Crippen molar-refractivity contribution < 1.29 is 9.53 Å². The van der Waals surface area contributed by atoms with Crippen LogP contribution in [-0.4, -0.2) is 72.3 Å². The fraction of sp³-hybridized carbons (Fsp3) is 0.412. The molecule has 1 aromatic carbocycles. The van der Waals surface area contributed by atoms with E-state index in [1.807, 2.05) is 55.4 Å². The van der Waals surface area contributed by atoms with Crippen LogP contribution in [0.2, 0.25) is 0 Å². The van der Waals surface area contributed by atoms with E-state index < -0.39 is 0 Å². The maximum atomic E-state index is 12.8. The summed E-state index contributed by atoms with van der Waals surface area (Å²) in [7, 11) is 4.00. The van der Waals surface area contributed by atoms with E-state index in [0.717, 1.165) is 17.8 Å². The minimum Gasteiger partial charge on any atom is -0.377 e. The summed E-state index contributed by atoms with van der Waals surface area (Å²) in [6, 6.07) is 11.7. The van der Waals surface area contributed by atoms with E-state index in [2.05, 4.69) is 15.1 Å². The maximum absolute atomic E-state index is 12.8. The van der Waals surface area contributed by atoms with Gasteiger partial charge in [-0.2, -0.15) is 5.10 Å². The average molecular weight is 314 g/mol.